The molecule has 3 aliphatic rings. The number of carbonyl (C=O) groups excluding carboxylic acids is 1. The highest BCUT2D eigenvalue weighted by atomic mass is 16.5. The summed E-state index contributed by atoms with van der Waals surface area (Å²) in [7, 11) is 1.62. The highest BCUT2D eigenvalue weighted by molar-refractivity contribution is 5.85. The standard InChI is InChI=1S/C15H20O3/c1-4-15(17)8-10(18-3)7-12-11-5-9(6-13(11)16)14(12,15)2/h4,8-9,11-12,17H,1,5-7H2,2-3H3. The lowest BCUT2D eigenvalue weighted by atomic mass is 9.54. The lowest BCUT2D eigenvalue weighted by molar-refractivity contribution is -0.134. The van der Waals surface area contributed by atoms with E-state index < -0.39 is 5.60 Å². The highest BCUT2D eigenvalue weighted by Crippen LogP contribution is 2.66. The Morgan fingerprint density at radius 2 is 2.28 bits per heavy atom. The van der Waals surface area contributed by atoms with E-state index in [-0.39, 0.29) is 23.2 Å². The van der Waals surface area contributed by atoms with Crippen LogP contribution in [0, 0.1) is 23.2 Å². The number of rotatable bonds is 2. The van der Waals surface area contributed by atoms with Gasteiger partial charge in [-0.15, -0.1) is 0 Å². The van der Waals surface area contributed by atoms with Gasteiger partial charge in [0.15, 0.2) is 0 Å². The summed E-state index contributed by atoms with van der Waals surface area (Å²) in [4.78, 5) is 12.0. The second-order valence-corrected chi connectivity index (χ2v) is 6.15. The minimum atomic E-state index is -1.05. The van der Waals surface area contributed by atoms with Crippen LogP contribution in [0.5, 0.6) is 0 Å². The van der Waals surface area contributed by atoms with Crippen molar-refractivity contribution in [3.8, 4) is 0 Å². The molecule has 0 aliphatic heterocycles. The average molecular weight is 248 g/mol. The molecule has 2 saturated carbocycles. The maximum atomic E-state index is 12.0. The second kappa shape index (κ2) is 3.47. The Hall–Kier alpha value is -1.09. The van der Waals surface area contributed by atoms with Crippen molar-refractivity contribution in [1.82, 2.24) is 0 Å². The van der Waals surface area contributed by atoms with E-state index in [9.17, 15) is 9.90 Å². The van der Waals surface area contributed by atoms with Crippen LogP contribution >= 0.6 is 0 Å². The Kier molecular flexibility index (Phi) is 2.31. The number of hydrogen-bond acceptors (Lipinski definition) is 3. The van der Waals surface area contributed by atoms with Crippen molar-refractivity contribution in [2.24, 2.45) is 23.2 Å². The van der Waals surface area contributed by atoms with Gasteiger partial charge in [0.2, 0.25) is 0 Å². The highest BCUT2D eigenvalue weighted by Gasteiger charge is 2.67. The summed E-state index contributed by atoms with van der Waals surface area (Å²) < 4.78 is 5.33. The molecule has 0 aromatic heterocycles. The number of aliphatic hydroxyl groups is 1. The normalized spacial score (nSPS) is 49.8. The van der Waals surface area contributed by atoms with E-state index >= 15 is 0 Å². The first-order valence-electron chi connectivity index (χ1n) is 6.60. The van der Waals surface area contributed by atoms with Crippen molar-refractivity contribution < 1.29 is 14.6 Å². The van der Waals surface area contributed by atoms with Gasteiger partial charge in [-0.1, -0.05) is 19.6 Å². The van der Waals surface area contributed by atoms with Crippen molar-refractivity contribution in [3.63, 3.8) is 0 Å². The van der Waals surface area contributed by atoms with Gasteiger partial charge in [-0.05, 0) is 24.3 Å². The SMILES string of the molecule is C=CC1(O)C=C(OC)CC2C3CC(CC3=O)C21C. The zero-order valence-electron chi connectivity index (χ0n) is 11.0. The third kappa shape index (κ3) is 1.16. The largest absolute Gasteiger partial charge is 0.501 e. The summed E-state index contributed by atoms with van der Waals surface area (Å²) in [5, 5.41) is 10.9. The van der Waals surface area contributed by atoms with E-state index in [0.717, 1.165) is 18.6 Å². The summed E-state index contributed by atoms with van der Waals surface area (Å²) in [5.41, 5.74) is -1.32. The lowest BCUT2D eigenvalue weighted by Gasteiger charge is -2.52. The first-order valence-corrected chi connectivity index (χ1v) is 6.60. The van der Waals surface area contributed by atoms with Crippen molar-refractivity contribution in [2.45, 2.75) is 31.8 Å². The topological polar surface area (TPSA) is 46.5 Å². The van der Waals surface area contributed by atoms with Crippen molar-refractivity contribution in [3.05, 3.63) is 24.5 Å². The van der Waals surface area contributed by atoms with E-state index in [1.165, 1.54) is 0 Å². The molecule has 5 atom stereocenters. The molecule has 0 saturated heterocycles. The van der Waals surface area contributed by atoms with Gasteiger partial charge in [0.1, 0.15) is 11.4 Å². The quantitative estimate of drug-likeness (QED) is 0.761. The molecule has 1 N–H and O–H groups in total. The molecular formula is C15H20O3. The maximum absolute atomic E-state index is 12.0. The van der Waals surface area contributed by atoms with Crippen LogP contribution in [0.3, 0.4) is 0 Å². The molecular weight excluding hydrogens is 228 g/mol. The molecule has 0 heterocycles. The molecule has 0 radical (unpaired) electrons. The average Bonchev–Trinajstić information content (AvgIpc) is 2.86. The molecule has 3 nitrogen and oxygen atoms in total. The minimum Gasteiger partial charge on any atom is -0.501 e. The Morgan fingerprint density at radius 3 is 2.89 bits per heavy atom. The van der Waals surface area contributed by atoms with E-state index in [1.54, 1.807) is 19.3 Å². The Bertz CT molecular complexity index is 453. The predicted octanol–water partition coefficient (Wildman–Crippen LogP) is 2.07. The van der Waals surface area contributed by atoms with Gasteiger partial charge in [-0.2, -0.15) is 0 Å². The third-order valence-corrected chi connectivity index (χ3v) is 5.74. The molecule has 3 rings (SSSR count). The molecule has 18 heavy (non-hydrogen) atoms. The number of ketones is 1. The molecule has 3 aliphatic carbocycles. The van der Waals surface area contributed by atoms with Gasteiger partial charge in [0.25, 0.3) is 0 Å². The van der Waals surface area contributed by atoms with Crippen LogP contribution in [0.15, 0.2) is 24.5 Å². The van der Waals surface area contributed by atoms with Gasteiger partial charge in [-0.25, -0.2) is 0 Å². The predicted molar refractivity (Wildman–Crippen MR) is 67.7 cm³/mol. The summed E-state index contributed by atoms with van der Waals surface area (Å²) in [6.07, 6.45) is 5.70. The molecule has 3 heteroatoms. The third-order valence-electron chi connectivity index (χ3n) is 5.74. The van der Waals surface area contributed by atoms with E-state index in [0.29, 0.717) is 12.2 Å². The summed E-state index contributed by atoms with van der Waals surface area (Å²) >= 11 is 0. The molecule has 5 unspecified atom stereocenters. The Morgan fingerprint density at radius 1 is 1.56 bits per heavy atom. The number of methoxy groups -OCH3 is 1. The van der Waals surface area contributed by atoms with Crippen LogP contribution in [-0.2, 0) is 9.53 Å². The minimum absolute atomic E-state index is 0.102. The fourth-order valence-corrected chi connectivity index (χ4v) is 4.56. The van der Waals surface area contributed by atoms with Crippen molar-refractivity contribution in [2.75, 3.05) is 7.11 Å². The first kappa shape index (κ1) is 12.0. The Balaban J connectivity index is 2.12. The number of ether oxygens (including phenoxy) is 1. The molecule has 0 aromatic carbocycles. The Labute approximate surface area is 108 Å². The first-order chi connectivity index (χ1) is 8.46. The van der Waals surface area contributed by atoms with Crippen LogP contribution in [-0.4, -0.2) is 23.6 Å². The summed E-state index contributed by atoms with van der Waals surface area (Å²) in [6, 6.07) is 0. The smallest absolute Gasteiger partial charge is 0.136 e. The molecule has 2 fully saturated rings. The number of fused-ring (bicyclic) bond motifs is 5. The van der Waals surface area contributed by atoms with Gasteiger partial charge in [0.05, 0.1) is 12.9 Å². The maximum Gasteiger partial charge on any atom is 0.136 e. The lowest BCUT2D eigenvalue weighted by Crippen LogP contribution is -2.55. The van der Waals surface area contributed by atoms with Crippen LogP contribution in [0.2, 0.25) is 0 Å². The van der Waals surface area contributed by atoms with Crippen LogP contribution in [0.1, 0.15) is 26.2 Å². The van der Waals surface area contributed by atoms with Gasteiger partial charge < -0.3 is 9.84 Å². The zero-order valence-corrected chi connectivity index (χ0v) is 11.0. The van der Waals surface area contributed by atoms with Gasteiger partial charge >= 0.3 is 0 Å². The monoisotopic (exact) mass is 248 g/mol. The second-order valence-electron chi connectivity index (χ2n) is 6.15. The zero-order chi connectivity index (χ0) is 13.1. The molecule has 0 spiro atoms. The van der Waals surface area contributed by atoms with Crippen molar-refractivity contribution >= 4 is 5.78 Å². The van der Waals surface area contributed by atoms with Gasteiger partial charge in [-0.3, -0.25) is 4.79 Å². The molecule has 0 amide bonds. The van der Waals surface area contributed by atoms with Gasteiger partial charge in [0, 0.05) is 24.2 Å². The molecule has 98 valence electrons. The summed E-state index contributed by atoms with van der Waals surface area (Å²) in [5.74, 6) is 1.71. The number of hydrogen-bond donors (Lipinski definition) is 1. The molecule has 2 bridgehead atoms. The summed E-state index contributed by atoms with van der Waals surface area (Å²) in [6.45, 7) is 5.91. The fraction of sp³-hybridized carbons (Fsp3) is 0.667. The number of Topliss-reactive ketones (excluding diaryl/α,β-unsaturated/α-hetero) is 1. The van der Waals surface area contributed by atoms with Crippen LogP contribution in [0.25, 0.3) is 0 Å². The van der Waals surface area contributed by atoms with Crippen LogP contribution < -0.4 is 0 Å². The van der Waals surface area contributed by atoms with E-state index in [1.807, 2.05) is 0 Å². The number of allylic oxidation sites excluding steroid dienone is 1. The number of carbonyl (C=O) groups is 1. The fourth-order valence-electron chi connectivity index (χ4n) is 4.56. The van der Waals surface area contributed by atoms with Crippen molar-refractivity contribution in [1.29, 1.82) is 0 Å². The molecule has 0 aromatic rings. The van der Waals surface area contributed by atoms with E-state index in [2.05, 4.69) is 13.5 Å². The van der Waals surface area contributed by atoms with Crippen LogP contribution in [0.4, 0.5) is 0 Å². The van der Waals surface area contributed by atoms with E-state index in [4.69, 9.17) is 4.74 Å².